The van der Waals surface area contributed by atoms with Crippen LogP contribution in [0.15, 0.2) is 54.6 Å². The molecule has 2 aromatic rings. The Morgan fingerprint density at radius 2 is 1.61 bits per heavy atom. The Bertz CT molecular complexity index is 799. The molecule has 0 spiro atoms. The van der Waals surface area contributed by atoms with Gasteiger partial charge in [-0.1, -0.05) is 54.6 Å². The lowest BCUT2D eigenvalue weighted by molar-refractivity contribution is -0.133. The van der Waals surface area contributed by atoms with Gasteiger partial charge in [0.05, 0.1) is 12.5 Å². The number of benzene rings is 2. The molecule has 1 N–H and O–H groups in total. The molecular weight excluding hydrogens is 350 g/mol. The van der Waals surface area contributed by atoms with E-state index in [1.54, 1.807) is 0 Å². The van der Waals surface area contributed by atoms with Gasteiger partial charge in [0.2, 0.25) is 11.8 Å². The highest BCUT2D eigenvalue weighted by Gasteiger charge is 2.25. The number of carbonyl (C=O) groups is 2. The van der Waals surface area contributed by atoms with E-state index in [0.717, 1.165) is 38.3 Å². The Kier molecular flexibility index (Phi) is 6.82. The molecule has 0 aliphatic carbocycles. The average Bonchev–Trinajstić information content (AvgIpc) is 2.70. The first-order chi connectivity index (χ1) is 13.5. The molecular formula is C23H29N3O2. The monoisotopic (exact) mass is 379 g/mol. The van der Waals surface area contributed by atoms with Crippen LogP contribution in [0.4, 0.5) is 0 Å². The van der Waals surface area contributed by atoms with Gasteiger partial charge < -0.3 is 10.2 Å². The molecule has 2 amide bonds. The molecule has 0 aromatic heterocycles. The van der Waals surface area contributed by atoms with Crippen LogP contribution in [0, 0.1) is 6.92 Å². The van der Waals surface area contributed by atoms with Gasteiger partial charge >= 0.3 is 0 Å². The summed E-state index contributed by atoms with van der Waals surface area (Å²) < 4.78 is 0. The summed E-state index contributed by atoms with van der Waals surface area (Å²) in [6.07, 6.45) is 0.293. The van der Waals surface area contributed by atoms with Crippen LogP contribution in [0.25, 0.3) is 0 Å². The molecule has 0 unspecified atom stereocenters. The van der Waals surface area contributed by atoms with E-state index >= 15 is 0 Å². The molecule has 0 saturated carbocycles. The van der Waals surface area contributed by atoms with E-state index in [-0.39, 0.29) is 17.9 Å². The zero-order valence-electron chi connectivity index (χ0n) is 16.7. The van der Waals surface area contributed by atoms with E-state index in [1.165, 1.54) is 18.1 Å². The number of aryl methyl sites for hydroxylation is 1. The smallest absolute Gasteiger partial charge is 0.225 e. The first kappa shape index (κ1) is 20.1. The third-order valence-electron chi connectivity index (χ3n) is 5.34. The van der Waals surface area contributed by atoms with Crippen molar-refractivity contribution >= 4 is 11.8 Å². The molecule has 2 aromatic carbocycles. The molecule has 1 aliphatic rings. The molecule has 0 bridgehead atoms. The Morgan fingerprint density at radius 1 is 0.964 bits per heavy atom. The van der Waals surface area contributed by atoms with Crippen LogP contribution in [0.1, 0.15) is 36.1 Å². The van der Waals surface area contributed by atoms with Crippen molar-refractivity contribution in [3.63, 3.8) is 0 Å². The van der Waals surface area contributed by atoms with Crippen molar-refractivity contribution in [1.29, 1.82) is 0 Å². The predicted octanol–water partition coefficient (Wildman–Crippen LogP) is 2.91. The van der Waals surface area contributed by atoms with E-state index in [4.69, 9.17) is 0 Å². The number of hydrogen-bond donors (Lipinski definition) is 1. The first-order valence-corrected chi connectivity index (χ1v) is 9.89. The minimum Gasteiger partial charge on any atom is -0.349 e. The summed E-state index contributed by atoms with van der Waals surface area (Å²) in [5.74, 6) is -0.0251. The molecule has 1 aliphatic heterocycles. The molecule has 28 heavy (non-hydrogen) atoms. The number of hydrogen-bond acceptors (Lipinski definition) is 3. The highest BCUT2D eigenvalue weighted by Crippen LogP contribution is 2.19. The van der Waals surface area contributed by atoms with Gasteiger partial charge in [-0.15, -0.1) is 0 Å². The number of amides is 2. The van der Waals surface area contributed by atoms with Crippen LogP contribution in [0.2, 0.25) is 0 Å². The number of piperazine rings is 1. The second-order valence-electron chi connectivity index (χ2n) is 7.45. The van der Waals surface area contributed by atoms with E-state index in [9.17, 15) is 9.59 Å². The number of nitrogens with zero attached hydrogens (tertiary/aromatic N) is 2. The summed E-state index contributed by atoms with van der Waals surface area (Å²) >= 11 is 0. The van der Waals surface area contributed by atoms with Gasteiger partial charge in [0, 0.05) is 39.6 Å². The van der Waals surface area contributed by atoms with Crippen molar-refractivity contribution in [2.75, 3.05) is 26.2 Å². The van der Waals surface area contributed by atoms with Crippen LogP contribution in [0.5, 0.6) is 0 Å². The summed E-state index contributed by atoms with van der Waals surface area (Å²) in [7, 11) is 0. The van der Waals surface area contributed by atoms with Gasteiger partial charge in [0.15, 0.2) is 0 Å². The maximum absolute atomic E-state index is 12.8. The Labute approximate surface area is 167 Å². The molecule has 1 saturated heterocycles. The van der Waals surface area contributed by atoms with Gasteiger partial charge in [0.1, 0.15) is 0 Å². The van der Waals surface area contributed by atoms with Gasteiger partial charge in [-0.2, -0.15) is 0 Å². The molecule has 148 valence electrons. The van der Waals surface area contributed by atoms with E-state index in [0.29, 0.717) is 6.42 Å². The van der Waals surface area contributed by atoms with Gasteiger partial charge in [0.25, 0.3) is 0 Å². The fourth-order valence-corrected chi connectivity index (χ4v) is 3.67. The quantitative estimate of drug-likeness (QED) is 0.840. The molecule has 3 rings (SSSR count). The fraction of sp³-hybridized carbons (Fsp3) is 0.391. The number of rotatable bonds is 6. The molecule has 5 nitrogen and oxygen atoms in total. The van der Waals surface area contributed by atoms with Gasteiger partial charge in [-0.3, -0.25) is 14.5 Å². The lowest BCUT2D eigenvalue weighted by Crippen LogP contribution is -2.49. The Morgan fingerprint density at radius 3 is 2.25 bits per heavy atom. The lowest BCUT2D eigenvalue weighted by Gasteiger charge is -2.35. The third-order valence-corrected chi connectivity index (χ3v) is 5.34. The summed E-state index contributed by atoms with van der Waals surface area (Å²) in [4.78, 5) is 28.7. The summed E-state index contributed by atoms with van der Waals surface area (Å²) in [5, 5.41) is 2.92. The maximum Gasteiger partial charge on any atom is 0.225 e. The Balaban J connectivity index is 1.55. The normalized spacial score (nSPS) is 15.9. The highest BCUT2D eigenvalue weighted by atomic mass is 16.2. The SMILES string of the molecule is CC(=O)N[C@@H](CC(=O)N1CCN(Cc2ccccc2C)CC1)c1ccccc1. The molecule has 1 atom stereocenters. The maximum atomic E-state index is 12.8. The van der Waals surface area contributed by atoms with Crippen molar-refractivity contribution in [3.8, 4) is 0 Å². The van der Waals surface area contributed by atoms with Crippen molar-refractivity contribution in [2.45, 2.75) is 32.9 Å². The largest absolute Gasteiger partial charge is 0.349 e. The van der Waals surface area contributed by atoms with Crippen LogP contribution >= 0.6 is 0 Å². The van der Waals surface area contributed by atoms with Crippen molar-refractivity contribution < 1.29 is 9.59 Å². The number of carbonyl (C=O) groups excluding carboxylic acids is 2. The van der Waals surface area contributed by atoms with Crippen LogP contribution < -0.4 is 5.32 Å². The van der Waals surface area contributed by atoms with Crippen molar-refractivity contribution in [2.24, 2.45) is 0 Å². The van der Waals surface area contributed by atoms with Crippen LogP contribution in [-0.2, 0) is 16.1 Å². The highest BCUT2D eigenvalue weighted by molar-refractivity contribution is 5.79. The van der Waals surface area contributed by atoms with Gasteiger partial charge in [-0.05, 0) is 23.6 Å². The first-order valence-electron chi connectivity index (χ1n) is 9.89. The lowest BCUT2D eigenvalue weighted by atomic mass is 10.0. The minimum absolute atomic E-state index is 0.0955. The fourth-order valence-electron chi connectivity index (χ4n) is 3.67. The molecule has 5 heteroatoms. The summed E-state index contributed by atoms with van der Waals surface area (Å²) in [6, 6.07) is 17.9. The van der Waals surface area contributed by atoms with Gasteiger partial charge in [-0.25, -0.2) is 0 Å². The van der Waals surface area contributed by atoms with Crippen LogP contribution in [0.3, 0.4) is 0 Å². The summed E-state index contributed by atoms with van der Waals surface area (Å²) in [6.45, 7) is 7.75. The predicted molar refractivity (Wildman–Crippen MR) is 111 cm³/mol. The zero-order chi connectivity index (χ0) is 19.9. The second-order valence-corrected chi connectivity index (χ2v) is 7.45. The number of nitrogens with one attached hydrogen (secondary N) is 1. The average molecular weight is 380 g/mol. The third kappa shape index (κ3) is 5.42. The van der Waals surface area contributed by atoms with E-state index < -0.39 is 0 Å². The standard InChI is InChI=1S/C23H29N3O2/c1-18-8-6-7-11-21(18)17-25-12-14-26(15-13-25)23(28)16-22(24-19(2)27)20-9-4-3-5-10-20/h3-11,22H,12-17H2,1-2H3,(H,24,27)/t22-/m0/s1. The second kappa shape index (κ2) is 9.51. The van der Waals surface area contributed by atoms with E-state index in [1.807, 2.05) is 35.2 Å². The van der Waals surface area contributed by atoms with Crippen molar-refractivity contribution in [1.82, 2.24) is 15.1 Å². The molecule has 1 heterocycles. The summed E-state index contributed by atoms with van der Waals surface area (Å²) in [5.41, 5.74) is 3.61. The zero-order valence-corrected chi connectivity index (χ0v) is 16.7. The molecule has 1 fully saturated rings. The molecule has 0 radical (unpaired) electrons. The van der Waals surface area contributed by atoms with Crippen molar-refractivity contribution in [3.05, 3.63) is 71.3 Å². The van der Waals surface area contributed by atoms with Crippen LogP contribution in [-0.4, -0.2) is 47.8 Å². The minimum atomic E-state index is -0.281. The topological polar surface area (TPSA) is 52.7 Å². The van der Waals surface area contributed by atoms with E-state index in [2.05, 4.69) is 41.4 Å². The Hall–Kier alpha value is -2.66.